The van der Waals surface area contributed by atoms with E-state index in [9.17, 15) is 14.7 Å². The van der Waals surface area contributed by atoms with Crippen molar-refractivity contribution in [1.29, 1.82) is 0 Å². The first-order valence-electron chi connectivity index (χ1n) is 11.5. The Morgan fingerprint density at radius 3 is 2.44 bits per heavy atom. The van der Waals surface area contributed by atoms with Gasteiger partial charge in [-0.1, -0.05) is 35.9 Å². The second-order valence-corrected chi connectivity index (χ2v) is 9.41. The van der Waals surface area contributed by atoms with Crippen molar-refractivity contribution in [2.45, 2.75) is 19.9 Å². The third-order valence-electron chi connectivity index (χ3n) is 6.86. The number of aromatic nitrogens is 1. The summed E-state index contributed by atoms with van der Waals surface area (Å²) in [6.07, 6.45) is 1.91. The number of hydrogen-bond acceptors (Lipinski definition) is 4. The molecular formula is C29H25ClN2O4. The number of ether oxygens (including phenoxy) is 1. The van der Waals surface area contributed by atoms with E-state index in [1.807, 2.05) is 74.1 Å². The monoisotopic (exact) mass is 500 g/mol. The molecule has 1 aromatic heterocycles. The number of methoxy groups -OCH3 is 1. The third-order valence-corrected chi connectivity index (χ3v) is 7.16. The number of amides is 1. The molecule has 3 aromatic carbocycles. The molecule has 0 spiro atoms. The first kappa shape index (κ1) is 23.7. The number of ketones is 1. The Morgan fingerprint density at radius 1 is 1.00 bits per heavy atom. The highest BCUT2D eigenvalue weighted by Crippen LogP contribution is 2.45. The van der Waals surface area contributed by atoms with E-state index in [1.54, 1.807) is 12.1 Å². The Balaban J connectivity index is 1.80. The molecule has 1 amide bonds. The van der Waals surface area contributed by atoms with E-state index < -0.39 is 17.7 Å². The van der Waals surface area contributed by atoms with Crippen molar-refractivity contribution >= 4 is 45.6 Å². The fourth-order valence-corrected chi connectivity index (χ4v) is 5.09. The minimum absolute atomic E-state index is 0.0100. The maximum atomic E-state index is 13.5. The number of rotatable bonds is 4. The van der Waals surface area contributed by atoms with E-state index in [0.717, 1.165) is 27.6 Å². The van der Waals surface area contributed by atoms with Gasteiger partial charge in [-0.05, 0) is 61.4 Å². The number of carbonyl (C=O) groups excluding carboxylic acids is 2. The van der Waals surface area contributed by atoms with Crippen LogP contribution in [0, 0.1) is 13.8 Å². The number of fused-ring (bicyclic) bond motifs is 1. The normalized spacial score (nSPS) is 17.2. The van der Waals surface area contributed by atoms with Crippen LogP contribution in [-0.2, 0) is 16.6 Å². The van der Waals surface area contributed by atoms with Crippen molar-refractivity contribution in [2.24, 2.45) is 7.05 Å². The van der Waals surface area contributed by atoms with Crippen LogP contribution in [0.2, 0.25) is 5.02 Å². The summed E-state index contributed by atoms with van der Waals surface area (Å²) in [6, 6.07) is 17.3. The first-order valence-corrected chi connectivity index (χ1v) is 11.9. The predicted molar refractivity (Wildman–Crippen MR) is 142 cm³/mol. The van der Waals surface area contributed by atoms with Gasteiger partial charge in [0.05, 0.1) is 23.7 Å². The Hall–Kier alpha value is -4.03. The van der Waals surface area contributed by atoms with Crippen LogP contribution in [0.25, 0.3) is 16.7 Å². The molecule has 0 radical (unpaired) electrons. The summed E-state index contributed by atoms with van der Waals surface area (Å²) >= 11 is 6.31. The van der Waals surface area contributed by atoms with E-state index in [4.69, 9.17) is 16.3 Å². The molecule has 1 saturated heterocycles. The zero-order valence-electron chi connectivity index (χ0n) is 20.4. The number of aliphatic hydroxyl groups is 1. The summed E-state index contributed by atoms with van der Waals surface area (Å²) in [6.45, 7) is 3.95. The SMILES string of the molecule is COc1ccc(/C(O)=C2\C(=O)C(=O)N(c3ccc(C)c(C)c3)C2c2cn(C)c3ccccc23)cc1Cl. The molecule has 1 aliphatic heterocycles. The number of benzene rings is 3. The molecule has 1 unspecified atom stereocenters. The fourth-order valence-electron chi connectivity index (χ4n) is 4.83. The quantitative estimate of drug-likeness (QED) is 0.209. The van der Waals surface area contributed by atoms with Crippen LogP contribution in [0.3, 0.4) is 0 Å². The van der Waals surface area contributed by atoms with Gasteiger partial charge in [0.2, 0.25) is 0 Å². The summed E-state index contributed by atoms with van der Waals surface area (Å²) in [7, 11) is 3.41. The van der Waals surface area contributed by atoms with E-state index >= 15 is 0 Å². The lowest BCUT2D eigenvalue weighted by Crippen LogP contribution is -2.29. The zero-order valence-corrected chi connectivity index (χ0v) is 21.1. The van der Waals surface area contributed by atoms with Crippen molar-refractivity contribution in [3.63, 3.8) is 0 Å². The smallest absolute Gasteiger partial charge is 0.300 e. The summed E-state index contributed by atoms with van der Waals surface area (Å²) in [4.78, 5) is 28.5. The predicted octanol–water partition coefficient (Wildman–Crippen LogP) is 6.08. The van der Waals surface area contributed by atoms with Gasteiger partial charge >= 0.3 is 0 Å². The van der Waals surface area contributed by atoms with Crippen molar-refractivity contribution in [3.05, 3.63) is 99.7 Å². The largest absolute Gasteiger partial charge is 0.507 e. The standard InChI is InChI=1S/C29H25ClN2O4/c1-16-9-11-19(13-17(16)2)32-26(21-15-31(3)23-8-6-5-7-20(21)23)25(28(34)29(32)35)27(33)18-10-12-24(36-4)22(30)14-18/h5-15,26,33H,1-4H3/b27-25+. The number of Topliss-reactive ketones (excluding diaryl/α,β-unsaturated/α-hetero) is 1. The van der Waals surface area contributed by atoms with E-state index in [0.29, 0.717) is 17.0 Å². The number of hydrogen-bond donors (Lipinski definition) is 1. The molecule has 1 fully saturated rings. The second kappa shape index (κ2) is 8.88. The molecule has 1 atom stereocenters. The van der Waals surface area contributed by atoms with Gasteiger partial charge in [-0.25, -0.2) is 0 Å². The van der Waals surface area contributed by atoms with Crippen LogP contribution in [0.15, 0.2) is 72.4 Å². The minimum atomic E-state index is -0.834. The van der Waals surface area contributed by atoms with Crippen LogP contribution >= 0.6 is 11.6 Å². The van der Waals surface area contributed by atoms with Crippen LogP contribution < -0.4 is 9.64 Å². The van der Waals surface area contributed by atoms with Crippen molar-refractivity contribution in [3.8, 4) is 5.75 Å². The molecule has 4 aromatic rings. The molecule has 6 nitrogen and oxygen atoms in total. The average molecular weight is 501 g/mol. The molecule has 0 aliphatic carbocycles. The molecule has 2 heterocycles. The summed E-state index contributed by atoms with van der Waals surface area (Å²) in [5.41, 5.74) is 4.68. The summed E-state index contributed by atoms with van der Waals surface area (Å²) in [5, 5.41) is 12.6. The van der Waals surface area contributed by atoms with Crippen LogP contribution in [0.5, 0.6) is 5.75 Å². The van der Waals surface area contributed by atoms with Gasteiger partial charge in [0.25, 0.3) is 11.7 Å². The van der Waals surface area contributed by atoms with Gasteiger partial charge in [-0.15, -0.1) is 0 Å². The van der Waals surface area contributed by atoms with Gasteiger partial charge in [-0.2, -0.15) is 0 Å². The van der Waals surface area contributed by atoms with Crippen molar-refractivity contribution in [1.82, 2.24) is 4.57 Å². The number of para-hydroxylation sites is 1. The molecule has 1 aliphatic rings. The van der Waals surface area contributed by atoms with Gasteiger partial charge in [0, 0.05) is 41.0 Å². The number of halogens is 1. The highest BCUT2D eigenvalue weighted by atomic mass is 35.5. The van der Waals surface area contributed by atoms with Gasteiger partial charge < -0.3 is 14.4 Å². The number of anilines is 1. The molecule has 5 rings (SSSR count). The Kier molecular flexibility index (Phi) is 5.85. The first-order chi connectivity index (χ1) is 17.2. The third kappa shape index (κ3) is 3.65. The van der Waals surface area contributed by atoms with Crippen molar-refractivity contribution in [2.75, 3.05) is 12.0 Å². The molecule has 0 bridgehead atoms. The lowest BCUT2D eigenvalue weighted by atomic mass is 9.94. The molecule has 182 valence electrons. The Morgan fingerprint density at radius 2 is 1.75 bits per heavy atom. The topological polar surface area (TPSA) is 71.8 Å². The lowest BCUT2D eigenvalue weighted by Gasteiger charge is -2.25. The van der Waals surface area contributed by atoms with Gasteiger partial charge in [-0.3, -0.25) is 14.5 Å². The molecule has 1 N–H and O–H groups in total. The zero-order chi connectivity index (χ0) is 25.7. The maximum Gasteiger partial charge on any atom is 0.300 e. The minimum Gasteiger partial charge on any atom is -0.507 e. The maximum absolute atomic E-state index is 13.5. The molecule has 7 heteroatoms. The molecule has 36 heavy (non-hydrogen) atoms. The van der Waals surface area contributed by atoms with Crippen LogP contribution in [-0.4, -0.2) is 28.5 Å². The number of aliphatic hydroxyl groups excluding tert-OH is 1. The molecular weight excluding hydrogens is 476 g/mol. The Bertz CT molecular complexity index is 1580. The number of carbonyl (C=O) groups is 2. The van der Waals surface area contributed by atoms with E-state index in [2.05, 4.69) is 0 Å². The van der Waals surface area contributed by atoms with E-state index in [1.165, 1.54) is 18.1 Å². The van der Waals surface area contributed by atoms with Crippen molar-refractivity contribution < 1.29 is 19.4 Å². The Labute approximate surface area is 214 Å². The average Bonchev–Trinajstić information content (AvgIpc) is 3.34. The van der Waals surface area contributed by atoms with Crippen LogP contribution in [0.1, 0.15) is 28.3 Å². The molecule has 0 saturated carbocycles. The summed E-state index contributed by atoms with van der Waals surface area (Å²) < 4.78 is 7.17. The highest BCUT2D eigenvalue weighted by molar-refractivity contribution is 6.52. The lowest BCUT2D eigenvalue weighted by molar-refractivity contribution is -0.132. The van der Waals surface area contributed by atoms with E-state index in [-0.39, 0.29) is 16.4 Å². The fraction of sp³-hybridized carbons (Fsp3) is 0.172. The highest BCUT2D eigenvalue weighted by Gasteiger charge is 2.48. The second-order valence-electron chi connectivity index (χ2n) is 9.00. The number of aryl methyl sites for hydroxylation is 3. The number of nitrogens with zero attached hydrogens (tertiary/aromatic N) is 2. The van der Waals surface area contributed by atoms with Crippen LogP contribution in [0.4, 0.5) is 5.69 Å². The van der Waals surface area contributed by atoms with Gasteiger partial charge in [0.15, 0.2) is 0 Å². The summed E-state index contributed by atoms with van der Waals surface area (Å²) in [5.74, 6) is -1.30. The van der Waals surface area contributed by atoms with Gasteiger partial charge in [0.1, 0.15) is 11.5 Å².